The minimum Gasteiger partial charge on any atom is -0.339 e. The van der Waals surface area contributed by atoms with Gasteiger partial charge in [0.15, 0.2) is 0 Å². The van der Waals surface area contributed by atoms with Crippen LogP contribution in [0.3, 0.4) is 0 Å². The van der Waals surface area contributed by atoms with Crippen LogP contribution in [0.4, 0.5) is 0 Å². The van der Waals surface area contributed by atoms with Gasteiger partial charge in [0.25, 0.3) is 0 Å². The van der Waals surface area contributed by atoms with E-state index >= 15 is 0 Å². The molecule has 0 saturated heterocycles. The maximum atomic E-state index is 6.02. The summed E-state index contributed by atoms with van der Waals surface area (Å²) in [4.78, 5) is 8.79. The summed E-state index contributed by atoms with van der Waals surface area (Å²) in [7, 11) is 0. The van der Waals surface area contributed by atoms with Crippen LogP contribution in [0.1, 0.15) is 38.0 Å². The molecule has 0 unspecified atom stereocenters. The highest BCUT2D eigenvalue weighted by Gasteiger charge is 2.33. The standard InChI is InChI=1S/C15H19BrN4O/c16-11-5-4-8-18-13(11)14-19-12(21-20-14)9-15(10-17)6-2-1-3-7-15/h4-5,8H,1-3,6-7,9-10,17H2. The Balaban J connectivity index is 1.80. The molecule has 21 heavy (non-hydrogen) atoms. The molecular weight excluding hydrogens is 332 g/mol. The van der Waals surface area contributed by atoms with Crippen LogP contribution in [0.15, 0.2) is 27.3 Å². The van der Waals surface area contributed by atoms with E-state index in [0.717, 1.165) is 23.7 Å². The molecule has 112 valence electrons. The van der Waals surface area contributed by atoms with Crippen LogP contribution in [-0.2, 0) is 6.42 Å². The van der Waals surface area contributed by atoms with Crippen molar-refractivity contribution in [3.8, 4) is 11.5 Å². The van der Waals surface area contributed by atoms with Crippen LogP contribution >= 0.6 is 15.9 Å². The van der Waals surface area contributed by atoms with Gasteiger partial charge in [-0.05, 0) is 52.9 Å². The zero-order valence-corrected chi connectivity index (χ0v) is 13.5. The quantitative estimate of drug-likeness (QED) is 0.914. The van der Waals surface area contributed by atoms with E-state index in [4.69, 9.17) is 10.3 Å². The third-order valence-electron chi connectivity index (χ3n) is 4.31. The van der Waals surface area contributed by atoms with E-state index in [2.05, 4.69) is 31.1 Å². The third kappa shape index (κ3) is 3.16. The first-order chi connectivity index (χ1) is 10.2. The maximum Gasteiger partial charge on any atom is 0.227 e. The first-order valence-electron chi connectivity index (χ1n) is 7.36. The van der Waals surface area contributed by atoms with Crippen LogP contribution in [-0.4, -0.2) is 21.7 Å². The first kappa shape index (κ1) is 14.7. The van der Waals surface area contributed by atoms with Crippen LogP contribution in [0.2, 0.25) is 0 Å². The molecule has 2 aromatic heterocycles. The summed E-state index contributed by atoms with van der Waals surface area (Å²) in [6, 6.07) is 3.78. The number of aromatic nitrogens is 3. The molecule has 0 amide bonds. The van der Waals surface area contributed by atoms with Crippen molar-refractivity contribution in [1.29, 1.82) is 0 Å². The van der Waals surface area contributed by atoms with Gasteiger partial charge in [-0.2, -0.15) is 4.98 Å². The summed E-state index contributed by atoms with van der Waals surface area (Å²) in [5, 5.41) is 4.06. The van der Waals surface area contributed by atoms with Crippen molar-refractivity contribution in [3.63, 3.8) is 0 Å². The zero-order valence-electron chi connectivity index (χ0n) is 11.9. The van der Waals surface area contributed by atoms with Crippen LogP contribution in [0, 0.1) is 5.41 Å². The highest BCUT2D eigenvalue weighted by Crippen LogP contribution is 2.38. The maximum absolute atomic E-state index is 6.02. The van der Waals surface area contributed by atoms with E-state index < -0.39 is 0 Å². The molecule has 6 heteroatoms. The number of rotatable bonds is 4. The van der Waals surface area contributed by atoms with E-state index in [1.54, 1.807) is 6.20 Å². The molecule has 2 heterocycles. The largest absolute Gasteiger partial charge is 0.339 e. The second-order valence-corrected chi connectivity index (χ2v) is 6.64. The molecule has 0 aromatic carbocycles. The number of hydrogen-bond acceptors (Lipinski definition) is 5. The van der Waals surface area contributed by atoms with Gasteiger partial charge in [0.2, 0.25) is 11.7 Å². The first-order valence-corrected chi connectivity index (χ1v) is 8.15. The molecular formula is C15H19BrN4O. The average molecular weight is 351 g/mol. The summed E-state index contributed by atoms with van der Waals surface area (Å²) >= 11 is 3.46. The number of hydrogen-bond donors (Lipinski definition) is 1. The fourth-order valence-electron chi connectivity index (χ4n) is 3.05. The lowest BCUT2D eigenvalue weighted by molar-refractivity contribution is 0.177. The second-order valence-electron chi connectivity index (χ2n) is 5.79. The minimum absolute atomic E-state index is 0.128. The number of pyridine rings is 1. The molecule has 1 fully saturated rings. The Morgan fingerprint density at radius 2 is 2.10 bits per heavy atom. The zero-order chi connectivity index (χ0) is 14.7. The van der Waals surface area contributed by atoms with E-state index in [9.17, 15) is 0 Å². The number of nitrogens with zero attached hydrogens (tertiary/aromatic N) is 3. The Hall–Kier alpha value is -1.27. The highest BCUT2D eigenvalue weighted by atomic mass is 79.9. The minimum atomic E-state index is 0.128. The summed E-state index contributed by atoms with van der Waals surface area (Å²) in [5.41, 5.74) is 6.85. The highest BCUT2D eigenvalue weighted by molar-refractivity contribution is 9.10. The Labute approximate surface area is 132 Å². The molecule has 2 aromatic rings. The normalized spacial score (nSPS) is 17.8. The molecule has 0 atom stereocenters. The monoisotopic (exact) mass is 350 g/mol. The fourth-order valence-corrected chi connectivity index (χ4v) is 3.48. The summed E-state index contributed by atoms with van der Waals surface area (Å²) in [5.74, 6) is 1.19. The van der Waals surface area contributed by atoms with Gasteiger partial charge in [-0.25, -0.2) is 0 Å². The van der Waals surface area contributed by atoms with Crippen LogP contribution < -0.4 is 5.73 Å². The van der Waals surface area contributed by atoms with Crippen molar-refractivity contribution in [1.82, 2.24) is 15.1 Å². The summed E-state index contributed by atoms with van der Waals surface area (Å²) in [6.07, 6.45) is 8.56. The van der Waals surface area contributed by atoms with Crippen molar-refractivity contribution in [2.75, 3.05) is 6.54 Å². The molecule has 0 bridgehead atoms. The predicted molar refractivity (Wildman–Crippen MR) is 83.5 cm³/mol. The predicted octanol–water partition coefficient (Wildman–Crippen LogP) is 3.35. The lowest BCUT2D eigenvalue weighted by atomic mass is 9.72. The SMILES string of the molecule is NCC1(Cc2nc(-c3ncccc3Br)no2)CCCCC1. The van der Waals surface area contributed by atoms with Crippen molar-refractivity contribution >= 4 is 15.9 Å². The van der Waals surface area contributed by atoms with E-state index in [1.165, 1.54) is 19.3 Å². The molecule has 1 aliphatic rings. The molecule has 0 radical (unpaired) electrons. The van der Waals surface area contributed by atoms with Gasteiger partial charge in [-0.15, -0.1) is 0 Å². The van der Waals surface area contributed by atoms with Gasteiger partial charge < -0.3 is 10.3 Å². The van der Waals surface area contributed by atoms with Gasteiger partial charge in [0.05, 0.1) is 0 Å². The van der Waals surface area contributed by atoms with Crippen LogP contribution in [0.25, 0.3) is 11.5 Å². The number of nitrogens with two attached hydrogens (primary N) is 1. The lowest BCUT2D eigenvalue weighted by Crippen LogP contribution is -2.35. The third-order valence-corrected chi connectivity index (χ3v) is 4.95. The van der Waals surface area contributed by atoms with Gasteiger partial charge >= 0.3 is 0 Å². The Morgan fingerprint density at radius 3 is 2.81 bits per heavy atom. The second kappa shape index (κ2) is 6.23. The van der Waals surface area contributed by atoms with Crippen molar-refractivity contribution in [2.24, 2.45) is 11.1 Å². The molecule has 1 aliphatic carbocycles. The Morgan fingerprint density at radius 1 is 1.29 bits per heavy atom. The number of halogens is 1. The van der Waals surface area contributed by atoms with E-state index in [-0.39, 0.29) is 5.41 Å². The Bertz CT molecular complexity index is 607. The Kier molecular flexibility index (Phi) is 4.35. The molecule has 1 saturated carbocycles. The summed E-state index contributed by atoms with van der Waals surface area (Å²) in [6.45, 7) is 0.679. The average Bonchev–Trinajstić information content (AvgIpc) is 2.97. The molecule has 0 spiro atoms. The van der Waals surface area contributed by atoms with E-state index in [0.29, 0.717) is 24.0 Å². The molecule has 0 aliphatic heterocycles. The topological polar surface area (TPSA) is 77.8 Å². The van der Waals surface area contributed by atoms with Gasteiger partial charge in [0, 0.05) is 17.1 Å². The lowest BCUT2D eigenvalue weighted by Gasteiger charge is -2.34. The molecule has 2 N–H and O–H groups in total. The molecule has 5 nitrogen and oxygen atoms in total. The smallest absolute Gasteiger partial charge is 0.227 e. The van der Waals surface area contributed by atoms with Gasteiger partial charge in [-0.3, -0.25) is 4.98 Å². The van der Waals surface area contributed by atoms with Crippen molar-refractivity contribution in [2.45, 2.75) is 38.5 Å². The molecule has 3 rings (SSSR count). The van der Waals surface area contributed by atoms with Crippen molar-refractivity contribution < 1.29 is 4.52 Å². The van der Waals surface area contributed by atoms with Crippen LogP contribution in [0.5, 0.6) is 0 Å². The fraction of sp³-hybridized carbons (Fsp3) is 0.533. The van der Waals surface area contributed by atoms with Gasteiger partial charge in [-0.1, -0.05) is 24.4 Å². The van der Waals surface area contributed by atoms with Gasteiger partial charge in [0.1, 0.15) is 5.69 Å². The van der Waals surface area contributed by atoms with E-state index in [1.807, 2.05) is 12.1 Å². The summed E-state index contributed by atoms with van der Waals surface area (Å²) < 4.78 is 6.29. The van der Waals surface area contributed by atoms with Crippen molar-refractivity contribution in [3.05, 3.63) is 28.7 Å².